The minimum absolute atomic E-state index is 0.178. The molecule has 0 radical (unpaired) electrons. The summed E-state index contributed by atoms with van der Waals surface area (Å²) < 4.78 is 36.1. The lowest BCUT2D eigenvalue weighted by atomic mass is 10.2. The van der Waals surface area contributed by atoms with Gasteiger partial charge in [0.2, 0.25) is 15.9 Å². The zero-order valence-corrected chi connectivity index (χ0v) is 17.1. The number of sulfonamides is 1. The smallest absolute Gasteiger partial charge is 0.271 e. The largest absolute Gasteiger partial charge is 0.493 e. The number of amides is 1. The SMILES string of the molecule is COc1ccc(N([C@@H](C)C(=O)Nc2cccc([N+](=O)[O-])c2)S(C)(=O)=O)cc1OC. The van der Waals surface area contributed by atoms with Crippen molar-refractivity contribution >= 4 is 33.0 Å². The summed E-state index contributed by atoms with van der Waals surface area (Å²) >= 11 is 0. The van der Waals surface area contributed by atoms with Gasteiger partial charge < -0.3 is 14.8 Å². The van der Waals surface area contributed by atoms with E-state index in [1.54, 1.807) is 0 Å². The molecular weight excluding hydrogens is 402 g/mol. The van der Waals surface area contributed by atoms with Crippen molar-refractivity contribution in [2.75, 3.05) is 30.1 Å². The van der Waals surface area contributed by atoms with Crippen LogP contribution in [0, 0.1) is 10.1 Å². The van der Waals surface area contributed by atoms with Crippen LogP contribution >= 0.6 is 0 Å². The third-order valence-corrected chi connectivity index (χ3v) is 5.28. The molecule has 10 nitrogen and oxygen atoms in total. The van der Waals surface area contributed by atoms with E-state index in [1.165, 1.54) is 63.6 Å². The van der Waals surface area contributed by atoms with E-state index in [1.807, 2.05) is 0 Å². The van der Waals surface area contributed by atoms with Gasteiger partial charge in [0.1, 0.15) is 6.04 Å². The highest BCUT2D eigenvalue weighted by Crippen LogP contribution is 2.33. The van der Waals surface area contributed by atoms with E-state index < -0.39 is 26.9 Å². The fraction of sp³-hybridized carbons (Fsp3) is 0.278. The van der Waals surface area contributed by atoms with E-state index in [-0.39, 0.29) is 17.1 Å². The molecule has 0 saturated carbocycles. The Hall–Kier alpha value is -3.34. The Bertz CT molecular complexity index is 1020. The summed E-state index contributed by atoms with van der Waals surface area (Å²) in [6.07, 6.45) is 0.973. The number of nitro benzene ring substituents is 1. The number of benzene rings is 2. The van der Waals surface area contributed by atoms with Gasteiger partial charge in [0.15, 0.2) is 11.5 Å². The number of anilines is 2. The number of nitrogens with one attached hydrogen (secondary N) is 1. The average Bonchev–Trinajstić information content (AvgIpc) is 2.66. The minimum Gasteiger partial charge on any atom is -0.493 e. The molecule has 0 saturated heterocycles. The number of hydrogen-bond acceptors (Lipinski definition) is 7. The van der Waals surface area contributed by atoms with Gasteiger partial charge in [-0.3, -0.25) is 19.2 Å². The number of methoxy groups -OCH3 is 2. The van der Waals surface area contributed by atoms with Crippen LogP contribution in [0.1, 0.15) is 6.92 Å². The lowest BCUT2D eigenvalue weighted by Gasteiger charge is -2.28. The topological polar surface area (TPSA) is 128 Å². The lowest BCUT2D eigenvalue weighted by molar-refractivity contribution is -0.384. The highest BCUT2D eigenvalue weighted by Gasteiger charge is 2.30. The van der Waals surface area contributed by atoms with E-state index in [4.69, 9.17) is 9.47 Å². The van der Waals surface area contributed by atoms with Gasteiger partial charge in [-0.15, -0.1) is 0 Å². The van der Waals surface area contributed by atoms with Gasteiger partial charge in [-0.2, -0.15) is 0 Å². The molecule has 0 aromatic heterocycles. The molecule has 0 unspecified atom stereocenters. The number of ether oxygens (including phenoxy) is 2. The Morgan fingerprint density at radius 3 is 2.34 bits per heavy atom. The maximum absolute atomic E-state index is 12.7. The van der Waals surface area contributed by atoms with E-state index >= 15 is 0 Å². The molecule has 1 amide bonds. The summed E-state index contributed by atoms with van der Waals surface area (Å²) in [6.45, 7) is 1.41. The van der Waals surface area contributed by atoms with Gasteiger partial charge in [0, 0.05) is 23.9 Å². The monoisotopic (exact) mass is 423 g/mol. The number of non-ortho nitro benzene ring substituents is 1. The molecule has 0 fully saturated rings. The number of rotatable bonds is 8. The Labute approximate surface area is 168 Å². The number of nitro groups is 1. The summed E-state index contributed by atoms with van der Waals surface area (Å²) in [6, 6.07) is 8.66. The molecule has 1 N–H and O–H groups in total. The normalized spacial score (nSPS) is 12.0. The van der Waals surface area contributed by atoms with Crippen molar-refractivity contribution in [3.05, 3.63) is 52.6 Å². The molecule has 11 heteroatoms. The average molecular weight is 423 g/mol. The molecule has 156 valence electrons. The first-order chi connectivity index (χ1) is 13.6. The van der Waals surface area contributed by atoms with E-state index in [0.29, 0.717) is 11.5 Å². The fourth-order valence-corrected chi connectivity index (χ4v) is 3.88. The molecule has 0 aliphatic carbocycles. The van der Waals surface area contributed by atoms with Gasteiger partial charge in [0.25, 0.3) is 5.69 Å². The molecule has 2 rings (SSSR count). The van der Waals surface area contributed by atoms with Crippen LogP contribution in [-0.2, 0) is 14.8 Å². The Morgan fingerprint density at radius 2 is 1.79 bits per heavy atom. The van der Waals surface area contributed by atoms with E-state index in [2.05, 4.69) is 5.32 Å². The van der Waals surface area contributed by atoms with Crippen molar-refractivity contribution in [3.63, 3.8) is 0 Å². The molecule has 0 heterocycles. The van der Waals surface area contributed by atoms with Crippen LogP contribution in [0.2, 0.25) is 0 Å². The van der Waals surface area contributed by atoms with Crippen LogP contribution < -0.4 is 19.1 Å². The molecule has 1 atom stereocenters. The second-order valence-electron chi connectivity index (χ2n) is 6.07. The van der Waals surface area contributed by atoms with Crippen LogP contribution in [-0.4, -0.2) is 45.8 Å². The number of carbonyl (C=O) groups is 1. The van der Waals surface area contributed by atoms with Crippen LogP contribution in [0.3, 0.4) is 0 Å². The third kappa shape index (κ3) is 5.13. The van der Waals surface area contributed by atoms with Gasteiger partial charge in [0.05, 0.1) is 31.1 Å². The summed E-state index contributed by atoms with van der Waals surface area (Å²) in [4.78, 5) is 23.0. The van der Waals surface area contributed by atoms with E-state index in [0.717, 1.165) is 10.6 Å². The van der Waals surface area contributed by atoms with Crippen LogP contribution in [0.5, 0.6) is 11.5 Å². The highest BCUT2D eigenvalue weighted by molar-refractivity contribution is 7.92. The second kappa shape index (κ2) is 8.78. The number of carbonyl (C=O) groups excluding carboxylic acids is 1. The number of hydrogen-bond donors (Lipinski definition) is 1. The summed E-state index contributed by atoms with van der Waals surface area (Å²) in [5.41, 5.74) is 0.180. The van der Waals surface area contributed by atoms with Gasteiger partial charge in [-0.05, 0) is 25.1 Å². The van der Waals surface area contributed by atoms with Crippen molar-refractivity contribution in [2.45, 2.75) is 13.0 Å². The summed E-state index contributed by atoms with van der Waals surface area (Å²) in [7, 11) is -1.000. The Morgan fingerprint density at radius 1 is 1.14 bits per heavy atom. The minimum atomic E-state index is -3.85. The zero-order chi connectivity index (χ0) is 21.8. The maximum Gasteiger partial charge on any atom is 0.271 e. The first-order valence-corrected chi connectivity index (χ1v) is 10.2. The van der Waals surface area contributed by atoms with E-state index in [9.17, 15) is 23.3 Å². The van der Waals surface area contributed by atoms with Crippen LogP contribution in [0.25, 0.3) is 0 Å². The van der Waals surface area contributed by atoms with Crippen LogP contribution in [0.15, 0.2) is 42.5 Å². The maximum atomic E-state index is 12.7. The second-order valence-corrected chi connectivity index (χ2v) is 7.93. The third-order valence-electron chi connectivity index (χ3n) is 4.03. The molecule has 0 bridgehead atoms. The standard InChI is InChI=1S/C18H21N3O7S/c1-12(18(22)19-13-6-5-7-15(10-13)21(23)24)20(29(4,25)26)14-8-9-16(27-2)17(11-14)28-3/h5-12H,1-4H3,(H,19,22)/t12-/m0/s1. The fourth-order valence-electron chi connectivity index (χ4n) is 2.71. The number of nitrogens with zero attached hydrogens (tertiary/aromatic N) is 2. The van der Waals surface area contributed by atoms with Crippen molar-refractivity contribution in [3.8, 4) is 11.5 Å². The lowest BCUT2D eigenvalue weighted by Crippen LogP contribution is -2.45. The van der Waals surface area contributed by atoms with Gasteiger partial charge >= 0.3 is 0 Å². The molecule has 0 aliphatic heterocycles. The Balaban J connectivity index is 2.37. The van der Waals surface area contributed by atoms with Crippen molar-refractivity contribution < 1.29 is 27.6 Å². The van der Waals surface area contributed by atoms with Gasteiger partial charge in [-0.25, -0.2) is 8.42 Å². The van der Waals surface area contributed by atoms with Gasteiger partial charge in [-0.1, -0.05) is 6.07 Å². The predicted molar refractivity (Wildman–Crippen MR) is 108 cm³/mol. The molecular formula is C18H21N3O7S. The van der Waals surface area contributed by atoms with Crippen LogP contribution in [0.4, 0.5) is 17.1 Å². The summed E-state index contributed by atoms with van der Waals surface area (Å²) in [5, 5.41) is 13.4. The first kappa shape index (κ1) is 22.0. The van der Waals surface area contributed by atoms with Crippen molar-refractivity contribution in [1.29, 1.82) is 0 Å². The molecule has 29 heavy (non-hydrogen) atoms. The molecule has 2 aromatic rings. The van der Waals surface area contributed by atoms with Crippen molar-refractivity contribution in [2.24, 2.45) is 0 Å². The predicted octanol–water partition coefficient (Wildman–Crippen LogP) is 2.41. The molecule has 0 spiro atoms. The summed E-state index contributed by atoms with van der Waals surface area (Å²) in [5.74, 6) is 0.0362. The van der Waals surface area contributed by atoms with Crippen molar-refractivity contribution in [1.82, 2.24) is 0 Å². The highest BCUT2D eigenvalue weighted by atomic mass is 32.2. The first-order valence-electron chi connectivity index (χ1n) is 8.35. The molecule has 2 aromatic carbocycles. The quantitative estimate of drug-likeness (QED) is 0.510. The molecule has 0 aliphatic rings. The Kier molecular flexibility index (Phi) is 6.64. The zero-order valence-electron chi connectivity index (χ0n) is 16.3.